The number of allylic oxidation sites excluding steroid dienone is 12. The van der Waals surface area contributed by atoms with Crippen LogP contribution in [0.5, 0.6) is 0 Å². The SMILES string of the molecule is CC/C=C\C/C=C\C/C=C\C/C=C\C/C=C\CCCCCCCCCCCCCCCCCCCC(=O)OCC(COC(=O)CCCCCCCCCCCCCC)OC(=O)CCCCCCCCC/C=C\CCCCCCCC. The lowest BCUT2D eigenvalue weighted by atomic mass is 10.0. The number of carbonyl (C=O) groups excluding carboxylic acids is 3. The maximum absolute atomic E-state index is 12.9. The maximum Gasteiger partial charge on any atom is 0.306 e. The van der Waals surface area contributed by atoms with Gasteiger partial charge < -0.3 is 14.2 Å². The van der Waals surface area contributed by atoms with E-state index in [1.807, 2.05) is 0 Å². The van der Waals surface area contributed by atoms with Crippen molar-refractivity contribution in [2.45, 2.75) is 367 Å². The third kappa shape index (κ3) is 65.7. The predicted octanol–water partition coefficient (Wildman–Crippen LogP) is 24.1. The van der Waals surface area contributed by atoms with Gasteiger partial charge in [0.2, 0.25) is 0 Å². The molecule has 80 heavy (non-hydrogen) atoms. The molecule has 1 unspecified atom stereocenters. The Morgan fingerprint density at radius 1 is 0.263 bits per heavy atom. The Bertz CT molecular complexity index is 1470. The summed E-state index contributed by atoms with van der Waals surface area (Å²) in [4.78, 5) is 38.3. The Morgan fingerprint density at radius 3 is 0.775 bits per heavy atom. The molecule has 0 amide bonds. The van der Waals surface area contributed by atoms with Crippen molar-refractivity contribution in [2.24, 2.45) is 0 Å². The summed E-state index contributed by atoms with van der Waals surface area (Å²) in [6.07, 6.45) is 89.3. The van der Waals surface area contributed by atoms with Gasteiger partial charge in [-0.3, -0.25) is 14.4 Å². The summed E-state index contributed by atoms with van der Waals surface area (Å²) < 4.78 is 17.0. The molecule has 6 heteroatoms. The van der Waals surface area contributed by atoms with Crippen LogP contribution in [-0.4, -0.2) is 37.2 Å². The molecule has 0 aromatic rings. The molecule has 0 saturated carbocycles. The number of carbonyl (C=O) groups is 3. The van der Waals surface area contributed by atoms with E-state index in [-0.39, 0.29) is 31.1 Å². The fourth-order valence-corrected chi connectivity index (χ4v) is 10.2. The van der Waals surface area contributed by atoms with E-state index >= 15 is 0 Å². The predicted molar refractivity (Wildman–Crippen MR) is 348 cm³/mol. The monoisotopic (exact) mass is 1120 g/mol. The molecule has 0 aromatic heterocycles. The van der Waals surface area contributed by atoms with Crippen LogP contribution in [0.3, 0.4) is 0 Å². The summed E-state index contributed by atoms with van der Waals surface area (Å²) in [6.45, 7) is 6.56. The van der Waals surface area contributed by atoms with E-state index in [0.29, 0.717) is 19.3 Å². The van der Waals surface area contributed by atoms with E-state index in [2.05, 4.69) is 93.7 Å². The molecule has 464 valence electrons. The standard InChI is InChI=1S/C74H132O6/c1-4-7-10-13-16-19-22-25-27-29-30-31-32-33-34-35-36-37-38-39-40-41-42-43-44-46-47-49-52-55-58-61-64-67-73(76)79-70-71(69-78-72(75)66-63-60-57-54-51-24-21-18-15-12-9-6-3)80-74(77)68-65-62-59-56-53-50-48-45-28-26-23-20-17-14-11-8-5-2/h7,10,16,19,25-28,30-31,33-34,71H,4-6,8-9,11-15,17-18,20-24,29,32,35-70H2,1-3H3/b10-7-,19-16-,27-25-,28-26-,31-30-,34-33-. The first-order valence-electron chi connectivity index (χ1n) is 34.9. The van der Waals surface area contributed by atoms with Crippen LogP contribution >= 0.6 is 0 Å². The van der Waals surface area contributed by atoms with Crippen LogP contribution in [0, 0.1) is 0 Å². The normalized spacial score (nSPS) is 12.5. The highest BCUT2D eigenvalue weighted by Gasteiger charge is 2.19. The molecule has 0 saturated heterocycles. The summed E-state index contributed by atoms with van der Waals surface area (Å²) in [5.41, 5.74) is 0. The molecule has 0 spiro atoms. The summed E-state index contributed by atoms with van der Waals surface area (Å²) in [7, 11) is 0. The first-order valence-corrected chi connectivity index (χ1v) is 34.9. The maximum atomic E-state index is 12.9. The number of hydrogen-bond acceptors (Lipinski definition) is 6. The number of esters is 3. The third-order valence-electron chi connectivity index (χ3n) is 15.4. The smallest absolute Gasteiger partial charge is 0.306 e. The zero-order valence-corrected chi connectivity index (χ0v) is 53.3. The van der Waals surface area contributed by atoms with Gasteiger partial charge in [-0.2, -0.15) is 0 Å². The van der Waals surface area contributed by atoms with Gasteiger partial charge in [0.15, 0.2) is 6.10 Å². The fourth-order valence-electron chi connectivity index (χ4n) is 10.2. The average Bonchev–Trinajstić information content (AvgIpc) is 3.46. The van der Waals surface area contributed by atoms with Gasteiger partial charge in [-0.15, -0.1) is 0 Å². The molecule has 0 rings (SSSR count). The summed E-state index contributed by atoms with van der Waals surface area (Å²) in [5.74, 6) is -0.854. The Kier molecular flexibility index (Phi) is 65.7. The van der Waals surface area contributed by atoms with Gasteiger partial charge in [-0.05, 0) is 89.9 Å². The third-order valence-corrected chi connectivity index (χ3v) is 15.4. The van der Waals surface area contributed by atoms with E-state index in [0.717, 1.165) is 89.9 Å². The first kappa shape index (κ1) is 76.9. The van der Waals surface area contributed by atoms with Gasteiger partial charge in [0.05, 0.1) is 0 Å². The highest BCUT2D eigenvalue weighted by molar-refractivity contribution is 5.71. The number of ether oxygens (including phenoxy) is 3. The van der Waals surface area contributed by atoms with Crippen LogP contribution < -0.4 is 0 Å². The van der Waals surface area contributed by atoms with Gasteiger partial charge in [-0.25, -0.2) is 0 Å². The number of unbranched alkanes of at least 4 members (excludes halogenated alkanes) is 41. The zero-order valence-electron chi connectivity index (χ0n) is 53.3. The Labute approximate surface area is 497 Å². The van der Waals surface area contributed by atoms with Gasteiger partial charge in [0.25, 0.3) is 0 Å². The van der Waals surface area contributed by atoms with Crippen molar-refractivity contribution in [3.63, 3.8) is 0 Å². The van der Waals surface area contributed by atoms with E-state index in [1.165, 1.54) is 231 Å². The molecular formula is C74H132O6. The van der Waals surface area contributed by atoms with Gasteiger partial charge in [0.1, 0.15) is 13.2 Å². The van der Waals surface area contributed by atoms with Gasteiger partial charge in [-0.1, -0.05) is 325 Å². The topological polar surface area (TPSA) is 78.9 Å². The minimum absolute atomic E-state index is 0.0708. The van der Waals surface area contributed by atoms with Crippen LogP contribution in [0.15, 0.2) is 72.9 Å². The van der Waals surface area contributed by atoms with Crippen LogP contribution in [0.1, 0.15) is 361 Å². The number of rotatable bonds is 64. The lowest BCUT2D eigenvalue weighted by Crippen LogP contribution is -2.30. The highest BCUT2D eigenvalue weighted by atomic mass is 16.6. The summed E-state index contributed by atoms with van der Waals surface area (Å²) in [5, 5.41) is 0. The Balaban J connectivity index is 4.14. The van der Waals surface area contributed by atoms with Crippen LogP contribution in [0.4, 0.5) is 0 Å². The zero-order chi connectivity index (χ0) is 57.8. The van der Waals surface area contributed by atoms with Crippen molar-refractivity contribution in [3.05, 3.63) is 72.9 Å². The summed E-state index contributed by atoms with van der Waals surface area (Å²) in [6, 6.07) is 0. The molecule has 0 aliphatic rings. The van der Waals surface area contributed by atoms with Crippen LogP contribution in [-0.2, 0) is 28.6 Å². The second-order valence-corrected chi connectivity index (χ2v) is 23.4. The number of hydrogen-bond donors (Lipinski definition) is 0. The highest BCUT2D eigenvalue weighted by Crippen LogP contribution is 2.18. The summed E-state index contributed by atoms with van der Waals surface area (Å²) >= 11 is 0. The largest absolute Gasteiger partial charge is 0.462 e. The molecule has 0 aliphatic carbocycles. The molecular weight excluding hydrogens is 985 g/mol. The molecule has 0 fully saturated rings. The Hall–Kier alpha value is -3.15. The molecule has 1 atom stereocenters. The minimum atomic E-state index is -0.774. The quantitative estimate of drug-likeness (QED) is 0.0261. The molecule has 6 nitrogen and oxygen atoms in total. The molecule has 0 N–H and O–H groups in total. The molecule has 0 aromatic carbocycles. The van der Waals surface area contributed by atoms with Crippen molar-refractivity contribution in [1.82, 2.24) is 0 Å². The average molecular weight is 1120 g/mol. The van der Waals surface area contributed by atoms with E-state index in [1.54, 1.807) is 0 Å². The molecule has 0 heterocycles. The van der Waals surface area contributed by atoms with Crippen LogP contribution in [0.25, 0.3) is 0 Å². The van der Waals surface area contributed by atoms with Crippen molar-refractivity contribution in [2.75, 3.05) is 13.2 Å². The lowest BCUT2D eigenvalue weighted by molar-refractivity contribution is -0.167. The molecule has 0 aliphatic heterocycles. The Morgan fingerprint density at radius 2 is 0.487 bits per heavy atom. The van der Waals surface area contributed by atoms with Crippen molar-refractivity contribution < 1.29 is 28.6 Å². The second kappa shape index (κ2) is 68.3. The van der Waals surface area contributed by atoms with E-state index in [9.17, 15) is 14.4 Å². The van der Waals surface area contributed by atoms with E-state index < -0.39 is 6.10 Å². The van der Waals surface area contributed by atoms with Crippen molar-refractivity contribution in [1.29, 1.82) is 0 Å². The first-order chi connectivity index (χ1) is 39.5. The second-order valence-electron chi connectivity index (χ2n) is 23.4. The van der Waals surface area contributed by atoms with Gasteiger partial charge >= 0.3 is 17.9 Å². The lowest BCUT2D eigenvalue weighted by Gasteiger charge is -2.18. The van der Waals surface area contributed by atoms with Crippen molar-refractivity contribution >= 4 is 17.9 Å². The van der Waals surface area contributed by atoms with Crippen LogP contribution in [0.2, 0.25) is 0 Å². The van der Waals surface area contributed by atoms with Gasteiger partial charge in [0, 0.05) is 19.3 Å². The van der Waals surface area contributed by atoms with E-state index in [4.69, 9.17) is 14.2 Å². The minimum Gasteiger partial charge on any atom is -0.462 e. The molecule has 0 radical (unpaired) electrons. The molecule has 0 bridgehead atoms. The fraction of sp³-hybridized carbons (Fsp3) is 0.797. The van der Waals surface area contributed by atoms with Crippen molar-refractivity contribution in [3.8, 4) is 0 Å².